The van der Waals surface area contributed by atoms with E-state index in [0.717, 1.165) is 70.1 Å². The van der Waals surface area contributed by atoms with Crippen LogP contribution in [0.25, 0.3) is 0 Å². The third-order valence-electron chi connectivity index (χ3n) is 5.28. The van der Waals surface area contributed by atoms with Crippen molar-refractivity contribution in [3.8, 4) is 0 Å². The van der Waals surface area contributed by atoms with E-state index in [1.807, 2.05) is 0 Å². The summed E-state index contributed by atoms with van der Waals surface area (Å²) in [6, 6.07) is 4.53. The summed E-state index contributed by atoms with van der Waals surface area (Å²) in [5, 5.41) is 3.84. The van der Waals surface area contributed by atoms with E-state index < -0.39 is 0 Å². The summed E-state index contributed by atoms with van der Waals surface area (Å²) in [5.41, 5.74) is 0.920. The van der Waals surface area contributed by atoms with Crippen molar-refractivity contribution in [3.05, 3.63) is 34.6 Å². The molecule has 156 valence electrons. The van der Waals surface area contributed by atoms with Gasteiger partial charge in [-0.05, 0) is 56.7 Å². The van der Waals surface area contributed by atoms with Crippen molar-refractivity contribution in [2.45, 2.75) is 51.2 Å². The second-order valence-corrected chi connectivity index (χ2v) is 7.78. The summed E-state index contributed by atoms with van der Waals surface area (Å²) in [7, 11) is 0. The van der Waals surface area contributed by atoms with Crippen LogP contribution >= 0.6 is 11.6 Å². The average molecular weight is 412 g/mol. The van der Waals surface area contributed by atoms with Gasteiger partial charge in [0.2, 0.25) is 0 Å². The number of likely N-dealkylation sites (tertiary alicyclic amines) is 1. The molecule has 0 amide bonds. The monoisotopic (exact) mass is 411 g/mol. The first-order valence-electron chi connectivity index (χ1n) is 10.4. The third kappa shape index (κ3) is 6.33. The molecule has 0 aliphatic carbocycles. The number of hydrogen-bond acceptors (Lipinski definition) is 3. The van der Waals surface area contributed by atoms with Gasteiger partial charge in [-0.15, -0.1) is 0 Å². The predicted octanol–water partition coefficient (Wildman–Crippen LogP) is 3.65. The molecule has 28 heavy (non-hydrogen) atoms. The SMILES string of the molecule is CCNC(=NCCc1ccc(F)cc1Cl)N1CCC(OCC2CCCO2)CC1. The summed E-state index contributed by atoms with van der Waals surface area (Å²) >= 11 is 6.11. The Morgan fingerprint density at radius 2 is 2.18 bits per heavy atom. The van der Waals surface area contributed by atoms with Crippen molar-refractivity contribution in [1.82, 2.24) is 10.2 Å². The van der Waals surface area contributed by atoms with E-state index in [1.54, 1.807) is 6.07 Å². The standard InChI is InChI=1S/C21H31ClFN3O2/c1-2-24-21(25-10-7-16-5-6-17(23)14-20(16)22)26-11-8-18(9-12-26)28-15-19-4-3-13-27-19/h5-6,14,18-19H,2-4,7-13,15H2,1H3,(H,24,25). The fraction of sp³-hybridized carbons (Fsp3) is 0.667. The third-order valence-corrected chi connectivity index (χ3v) is 5.63. The maximum Gasteiger partial charge on any atom is 0.193 e. The molecule has 0 bridgehead atoms. The quantitative estimate of drug-likeness (QED) is 0.549. The highest BCUT2D eigenvalue weighted by Crippen LogP contribution is 2.19. The lowest BCUT2D eigenvalue weighted by Gasteiger charge is -2.34. The van der Waals surface area contributed by atoms with Gasteiger partial charge in [0.1, 0.15) is 5.82 Å². The first kappa shape index (κ1) is 21.3. The minimum Gasteiger partial charge on any atom is -0.376 e. The van der Waals surface area contributed by atoms with Gasteiger partial charge in [-0.25, -0.2) is 4.39 Å². The Bertz CT molecular complexity index is 645. The van der Waals surface area contributed by atoms with E-state index in [2.05, 4.69) is 17.1 Å². The highest BCUT2D eigenvalue weighted by Gasteiger charge is 2.24. The molecule has 1 aromatic carbocycles. The molecule has 2 fully saturated rings. The molecule has 1 N–H and O–H groups in total. The van der Waals surface area contributed by atoms with Crippen LogP contribution in [-0.2, 0) is 15.9 Å². The molecule has 3 rings (SSSR count). The number of ether oxygens (including phenoxy) is 2. The smallest absolute Gasteiger partial charge is 0.193 e. The van der Waals surface area contributed by atoms with Crippen molar-refractivity contribution < 1.29 is 13.9 Å². The zero-order valence-corrected chi connectivity index (χ0v) is 17.4. The zero-order chi connectivity index (χ0) is 19.8. The Morgan fingerprint density at radius 1 is 1.36 bits per heavy atom. The van der Waals surface area contributed by atoms with Crippen LogP contribution in [0.3, 0.4) is 0 Å². The van der Waals surface area contributed by atoms with Gasteiger partial charge in [-0.3, -0.25) is 4.99 Å². The van der Waals surface area contributed by atoms with Gasteiger partial charge in [0.15, 0.2) is 5.96 Å². The number of hydrogen-bond donors (Lipinski definition) is 1. The van der Waals surface area contributed by atoms with Crippen LogP contribution < -0.4 is 5.32 Å². The van der Waals surface area contributed by atoms with Gasteiger partial charge in [0.05, 0.1) is 18.8 Å². The minimum atomic E-state index is -0.310. The zero-order valence-electron chi connectivity index (χ0n) is 16.6. The molecule has 1 unspecified atom stereocenters. The molecule has 1 atom stereocenters. The molecule has 2 saturated heterocycles. The summed E-state index contributed by atoms with van der Waals surface area (Å²) in [6.07, 6.45) is 5.56. The Morgan fingerprint density at radius 3 is 2.86 bits per heavy atom. The van der Waals surface area contributed by atoms with Crippen LogP contribution in [0.5, 0.6) is 0 Å². The average Bonchev–Trinajstić information content (AvgIpc) is 3.21. The van der Waals surface area contributed by atoms with Gasteiger partial charge in [0.25, 0.3) is 0 Å². The van der Waals surface area contributed by atoms with Gasteiger partial charge < -0.3 is 19.7 Å². The molecular formula is C21H31ClFN3O2. The summed E-state index contributed by atoms with van der Waals surface area (Å²) in [4.78, 5) is 7.04. The Labute approximate surface area is 172 Å². The molecule has 0 radical (unpaired) electrons. The number of halogens is 2. The largest absolute Gasteiger partial charge is 0.376 e. The van der Waals surface area contributed by atoms with Crippen molar-refractivity contribution in [2.75, 3.05) is 39.4 Å². The topological polar surface area (TPSA) is 46.1 Å². The second-order valence-electron chi connectivity index (χ2n) is 7.38. The molecule has 5 nitrogen and oxygen atoms in total. The summed E-state index contributed by atoms with van der Waals surface area (Å²) in [5.74, 6) is 0.619. The predicted molar refractivity (Wildman–Crippen MR) is 111 cm³/mol. The number of guanidine groups is 1. The van der Waals surface area contributed by atoms with Crippen LogP contribution in [0.4, 0.5) is 4.39 Å². The number of nitrogens with zero attached hydrogens (tertiary/aromatic N) is 2. The van der Waals surface area contributed by atoms with Gasteiger partial charge in [-0.2, -0.15) is 0 Å². The molecule has 0 saturated carbocycles. The minimum absolute atomic E-state index is 0.287. The number of rotatable bonds is 7. The highest BCUT2D eigenvalue weighted by molar-refractivity contribution is 6.31. The lowest BCUT2D eigenvalue weighted by Crippen LogP contribution is -2.47. The van der Waals surface area contributed by atoms with Gasteiger partial charge in [0, 0.05) is 37.8 Å². The van der Waals surface area contributed by atoms with Gasteiger partial charge in [-0.1, -0.05) is 17.7 Å². The summed E-state index contributed by atoms with van der Waals surface area (Å²) in [6.45, 7) is 6.96. The Hall–Kier alpha value is -1.37. The first-order valence-corrected chi connectivity index (χ1v) is 10.7. The van der Waals surface area contributed by atoms with Crippen LogP contribution in [0.2, 0.25) is 5.02 Å². The molecular weight excluding hydrogens is 381 g/mol. The van der Waals surface area contributed by atoms with Crippen LogP contribution in [0.1, 0.15) is 38.2 Å². The van der Waals surface area contributed by atoms with Gasteiger partial charge >= 0.3 is 0 Å². The fourth-order valence-electron chi connectivity index (χ4n) is 3.69. The molecule has 1 aromatic rings. The highest BCUT2D eigenvalue weighted by atomic mass is 35.5. The first-order chi connectivity index (χ1) is 13.7. The van der Waals surface area contributed by atoms with E-state index in [0.29, 0.717) is 24.1 Å². The van der Waals surface area contributed by atoms with E-state index in [1.165, 1.54) is 12.1 Å². The van der Waals surface area contributed by atoms with Crippen molar-refractivity contribution in [2.24, 2.45) is 4.99 Å². The Kier molecular flexibility index (Phi) is 8.37. The van der Waals surface area contributed by atoms with E-state index >= 15 is 0 Å². The molecule has 7 heteroatoms. The van der Waals surface area contributed by atoms with E-state index in [9.17, 15) is 4.39 Å². The fourth-order valence-corrected chi connectivity index (χ4v) is 3.95. The maximum atomic E-state index is 13.2. The number of aliphatic imine (C=N–C) groups is 1. The molecule has 0 spiro atoms. The molecule has 2 aliphatic heterocycles. The number of nitrogens with one attached hydrogen (secondary N) is 1. The lowest BCUT2D eigenvalue weighted by molar-refractivity contribution is -0.0367. The molecule has 0 aromatic heterocycles. The van der Waals surface area contributed by atoms with Crippen molar-refractivity contribution in [1.29, 1.82) is 0 Å². The lowest BCUT2D eigenvalue weighted by atomic mass is 10.1. The normalized spacial score (nSPS) is 21.3. The van der Waals surface area contributed by atoms with Crippen LogP contribution in [0.15, 0.2) is 23.2 Å². The Balaban J connectivity index is 1.46. The van der Waals surface area contributed by atoms with E-state index in [-0.39, 0.29) is 11.9 Å². The number of piperidine rings is 1. The number of benzene rings is 1. The molecule has 2 heterocycles. The van der Waals surface area contributed by atoms with Crippen molar-refractivity contribution >= 4 is 17.6 Å². The van der Waals surface area contributed by atoms with Crippen molar-refractivity contribution in [3.63, 3.8) is 0 Å². The van der Waals surface area contributed by atoms with Crippen LogP contribution in [-0.4, -0.2) is 62.5 Å². The van der Waals surface area contributed by atoms with Crippen LogP contribution in [0, 0.1) is 5.82 Å². The molecule has 2 aliphatic rings. The maximum absolute atomic E-state index is 13.2. The summed E-state index contributed by atoms with van der Waals surface area (Å²) < 4.78 is 24.9. The second kappa shape index (κ2) is 11.0. The van der Waals surface area contributed by atoms with E-state index in [4.69, 9.17) is 26.1 Å².